The second-order valence-corrected chi connectivity index (χ2v) is 8.58. The third-order valence-corrected chi connectivity index (χ3v) is 6.44. The molecule has 0 aromatic heterocycles. The van der Waals surface area contributed by atoms with Crippen LogP contribution >= 0.6 is 23.2 Å². The van der Waals surface area contributed by atoms with Gasteiger partial charge in [0.05, 0.1) is 29.3 Å². The summed E-state index contributed by atoms with van der Waals surface area (Å²) in [6.07, 6.45) is 1.93. The molecule has 1 aliphatic heterocycles. The SMILES string of the molecule is CN1CCC(N(C)C(=O)N[C@H](COCc2ccccc2)c2cccc(Cl)c2Cl)CC1. The standard InChI is InChI=1S/C23H29Cl2N3O2/c1-27-13-11-18(12-14-27)28(2)23(29)26-21(19-9-6-10-20(24)22(19)25)16-30-15-17-7-4-3-5-8-17/h3-10,18,21H,11-16H2,1-2H3,(H,26,29)/t21-/m1/s1. The first kappa shape index (κ1) is 22.9. The van der Waals surface area contributed by atoms with Crippen molar-refractivity contribution in [1.29, 1.82) is 0 Å². The van der Waals surface area contributed by atoms with Gasteiger partial charge < -0.3 is 19.9 Å². The molecule has 3 rings (SSSR count). The number of piperidine rings is 1. The van der Waals surface area contributed by atoms with E-state index >= 15 is 0 Å². The maximum atomic E-state index is 13.0. The molecule has 162 valence electrons. The van der Waals surface area contributed by atoms with Crippen LogP contribution < -0.4 is 5.32 Å². The van der Waals surface area contributed by atoms with Gasteiger partial charge in [0.15, 0.2) is 0 Å². The number of rotatable bonds is 7. The summed E-state index contributed by atoms with van der Waals surface area (Å²) < 4.78 is 5.93. The number of nitrogens with zero attached hydrogens (tertiary/aromatic N) is 2. The molecule has 1 atom stereocenters. The third kappa shape index (κ3) is 6.11. The predicted molar refractivity (Wildman–Crippen MR) is 122 cm³/mol. The molecular weight excluding hydrogens is 421 g/mol. The Labute approximate surface area is 188 Å². The molecule has 1 heterocycles. The highest BCUT2D eigenvalue weighted by Gasteiger charge is 2.26. The van der Waals surface area contributed by atoms with E-state index in [0.29, 0.717) is 23.3 Å². The van der Waals surface area contributed by atoms with Crippen molar-refractivity contribution >= 4 is 29.2 Å². The van der Waals surface area contributed by atoms with Crippen LogP contribution in [0.3, 0.4) is 0 Å². The molecule has 2 aromatic rings. The number of hydrogen-bond acceptors (Lipinski definition) is 3. The first-order valence-electron chi connectivity index (χ1n) is 10.2. The molecule has 0 saturated carbocycles. The summed E-state index contributed by atoms with van der Waals surface area (Å²) in [4.78, 5) is 17.1. The summed E-state index contributed by atoms with van der Waals surface area (Å²) >= 11 is 12.7. The number of hydrogen-bond donors (Lipinski definition) is 1. The maximum absolute atomic E-state index is 13.0. The van der Waals surface area contributed by atoms with Gasteiger partial charge in [-0.1, -0.05) is 65.7 Å². The van der Waals surface area contributed by atoms with E-state index in [9.17, 15) is 4.79 Å². The molecule has 1 saturated heterocycles. The number of carbonyl (C=O) groups is 1. The lowest BCUT2D eigenvalue weighted by molar-refractivity contribution is 0.0947. The molecule has 5 nitrogen and oxygen atoms in total. The van der Waals surface area contributed by atoms with Gasteiger partial charge in [0, 0.05) is 13.1 Å². The highest BCUT2D eigenvalue weighted by molar-refractivity contribution is 6.42. The van der Waals surface area contributed by atoms with E-state index in [1.165, 1.54) is 0 Å². The fourth-order valence-corrected chi connectivity index (χ4v) is 4.11. The normalized spacial score (nSPS) is 16.3. The Morgan fingerprint density at radius 2 is 1.87 bits per heavy atom. The number of halogens is 2. The zero-order chi connectivity index (χ0) is 21.5. The van der Waals surface area contributed by atoms with E-state index in [0.717, 1.165) is 37.1 Å². The van der Waals surface area contributed by atoms with Gasteiger partial charge in [-0.15, -0.1) is 0 Å². The average Bonchev–Trinajstić information content (AvgIpc) is 2.76. The molecular formula is C23H29Cl2N3O2. The summed E-state index contributed by atoms with van der Waals surface area (Å²) in [7, 11) is 3.96. The summed E-state index contributed by atoms with van der Waals surface area (Å²) in [6.45, 7) is 2.73. The average molecular weight is 450 g/mol. The first-order chi connectivity index (χ1) is 14.5. The van der Waals surface area contributed by atoms with Gasteiger partial charge >= 0.3 is 6.03 Å². The number of carbonyl (C=O) groups excluding carboxylic acids is 1. The Kier molecular flexibility index (Phi) is 8.40. The minimum absolute atomic E-state index is 0.131. The molecule has 1 N–H and O–H groups in total. The summed E-state index contributed by atoms with van der Waals surface area (Å²) in [5.74, 6) is 0. The van der Waals surface area contributed by atoms with E-state index in [4.69, 9.17) is 27.9 Å². The van der Waals surface area contributed by atoms with Crippen molar-refractivity contribution in [3.8, 4) is 0 Å². The lowest BCUT2D eigenvalue weighted by Gasteiger charge is -2.36. The van der Waals surface area contributed by atoms with Crippen LogP contribution in [-0.2, 0) is 11.3 Å². The Morgan fingerprint density at radius 1 is 1.17 bits per heavy atom. The summed E-state index contributed by atoms with van der Waals surface area (Å²) in [5.41, 5.74) is 1.82. The zero-order valence-electron chi connectivity index (χ0n) is 17.5. The molecule has 7 heteroatoms. The maximum Gasteiger partial charge on any atom is 0.317 e. The number of urea groups is 1. The van der Waals surface area contributed by atoms with Crippen molar-refractivity contribution in [2.45, 2.75) is 31.5 Å². The van der Waals surface area contributed by atoms with Crippen LogP contribution in [0.1, 0.15) is 30.0 Å². The van der Waals surface area contributed by atoms with Crippen LogP contribution in [0, 0.1) is 0 Å². The van der Waals surface area contributed by atoms with Crippen molar-refractivity contribution in [3.05, 3.63) is 69.7 Å². The molecule has 0 radical (unpaired) electrons. The van der Waals surface area contributed by atoms with Gasteiger partial charge in [-0.2, -0.15) is 0 Å². The molecule has 0 aliphatic carbocycles. The van der Waals surface area contributed by atoms with E-state index in [1.54, 1.807) is 11.0 Å². The number of ether oxygens (including phenoxy) is 1. The Hall–Kier alpha value is -1.79. The Balaban J connectivity index is 1.68. The highest BCUT2D eigenvalue weighted by Crippen LogP contribution is 2.30. The molecule has 30 heavy (non-hydrogen) atoms. The lowest BCUT2D eigenvalue weighted by atomic mass is 10.0. The van der Waals surface area contributed by atoms with Crippen molar-refractivity contribution in [2.24, 2.45) is 0 Å². The lowest BCUT2D eigenvalue weighted by Crippen LogP contribution is -2.49. The third-order valence-electron chi connectivity index (χ3n) is 5.61. The van der Waals surface area contributed by atoms with E-state index < -0.39 is 6.04 Å². The number of benzene rings is 2. The molecule has 1 fully saturated rings. The minimum atomic E-state index is -0.402. The highest BCUT2D eigenvalue weighted by atomic mass is 35.5. The van der Waals surface area contributed by atoms with E-state index in [2.05, 4.69) is 17.3 Å². The monoisotopic (exact) mass is 449 g/mol. The number of nitrogens with one attached hydrogen (secondary N) is 1. The first-order valence-corrected chi connectivity index (χ1v) is 11.0. The van der Waals surface area contributed by atoms with E-state index in [1.807, 2.05) is 49.5 Å². The van der Waals surface area contributed by atoms with Gasteiger partial charge in [-0.25, -0.2) is 4.79 Å². The largest absolute Gasteiger partial charge is 0.374 e. The number of likely N-dealkylation sites (tertiary alicyclic amines) is 1. The molecule has 2 amide bonds. The second-order valence-electron chi connectivity index (χ2n) is 7.79. The molecule has 0 unspecified atom stereocenters. The van der Waals surface area contributed by atoms with Gasteiger partial charge in [0.1, 0.15) is 0 Å². The van der Waals surface area contributed by atoms with Crippen LogP contribution in [0.5, 0.6) is 0 Å². The van der Waals surface area contributed by atoms with Gasteiger partial charge in [-0.05, 0) is 50.2 Å². The van der Waals surface area contributed by atoms with Gasteiger partial charge in [-0.3, -0.25) is 0 Å². The molecule has 0 bridgehead atoms. The van der Waals surface area contributed by atoms with Crippen molar-refractivity contribution in [2.75, 3.05) is 33.8 Å². The van der Waals surface area contributed by atoms with Crippen molar-refractivity contribution in [1.82, 2.24) is 15.1 Å². The number of amides is 2. The quantitative estimate of drug-likeness (QED) is 0.647. The van der Waals surface area contributed by atoms with Crippen LogP contribution in [0.15, 0.2) is 48.5 Å². The fraction of sp³-hybridized carbons (Fsp3) is 0.435. The summed E-state index contributed by atoms with van der Waals surface area (Å²) in [6, 6.07) is 15.1. The molecule has 2 aromatic carbocycles. The molecule has 0 spiro atoms. The van der Waals surface area contributed by atoms with Crippen LogP contribution in [0.25, 0.3) is 0 Å². The predicted octanol–water partition coefficient (Wildman–Crippen LogP) is 4.99. The zero-order valence-corrected chi connectivity index (χ0v) is 19.0. The smallest absolute Gasteiger partial charge is 0.317 e. The van der Waals surface area contributed by atoms with Crippen LogP contribution in [-0.4, -0.2) is 55.7 Å². The van der Waals surface area contributed by atoms with Gasteiger partial charge in [0.25, 0.3) is 0 Å². The van der Waals surface area contributed by atoms with E-state index in [-0.39, 0.29) is 12.1 Å². The van der Waals surface area contributed by atoms with Gasteiger partial charge in [0.2, 0.25) is 0 Å². The topological polar surface area (TPSA) is 44.8 Å². The summed E-state index contributed by atoms with van der Waals surface area (Å²) in [5, 5.41) is 4.00. The van der Waals surface area contributed by atoms with Crippen molar-refractivity contribution < 1.29 is 9.53 Å². The minimum Gasteiger partial charge on any atom is -0.374 e. The Bertz CT molecular complexity index is 826. The van der Waals surface area contributed by atoms with Crippen LogP contribution in [0.2, 0.25) is 10.0 Å². The van der Waals surface area contributed by atoms with Crippen LogP contribution in [0.4, 0.5) is 4.79 Å². The fourth-order valence-electron chi connectivity index (χ4n) is 3.67. The van der Waals surface area contributed by atoms with Crippen molar-refractivity contribution in [3.63, 3.8) is 0 Å². The second kappa shape index (κ2) is 11.0. The Morgan fingerprint density at radius 3 is 2.57 bits per heavy atom. The molecule has 1 aliphatic rings.